The summed E-state index contributed by atoms with van der Waals surface area (Å²) in [4.78, 5) is 18.0. The molecule has 6 heteroatoms. The molecule has 0 radical (unpaired) electrons. The molecule has 0 saturated carbocycles. The topological polar surface area (TPSA) is 68.0 Å². The number of anilines is 1. The van der Waals surface area contributed by atoms with E-state index in [9.17, 15) is 4.79 Å². The van der Waals surface area contributed by atoms with Crippen molar-refractivity contribution in [2.75, 3.05) is 5.32 Å². The number of aryl methyl sites for hydroxylation is 2. The zero-order valence-corrected chi connectivity index (χ0v) is 14.5. The van der Waals surface area contributed by atoms with Crippen molar-refractivity contribution in [1.82, 2.24) is 4.98 Å². The molecule has 0 aromatic carbocycles. The van der Waals surface area contributed by atoms with E-state index in [0.29, 0.717) is 12.3 Å². The van der Waals surface area contributed by atoms with Gasteiger partial charge in [-0.1, -0.05) is 26.7 Å². The van der Waals surface area contributed by atoms with E-state index in [1.54, 1.807) is 11.3 Å². The fraction of sp³-hybridized carbons (Fsp3) is 0.733. The smallest absolute Gasteiger partial charge is 0.243 e. The highest BCUT2D eigenvalue weighted by Crippen LogP contribution is 2.28. The Kier molecular flexibility index (Phi) is 7.63. The third-order valence-electron chi connectivity index (χ3n) is 3.64. The second kappa shape index (κ2) is 8.71. The molecule has 1 atom stereocenters. The number of halogens is 1. The molecule has 21 heavy (non-hydrogen) atoms. The third kappa shape index (κ3) is 5.57. The number of carbonyl (C=O) groups excluding carboxylic acids is 1. The van der Waals surface area contributed by atoms with Gasteiger partial charge in [-0.25, -0.2) is 4.98 Å². The molecule has 0 spiro atoms. The van der Waals surface area contributed by atoms with Gasteiger partial charge in [0.15, 0.2) is 5.13 Å². The van der Waals surface area contributed by atoms with Gasteiger partial charge in [0.05, 0.1) is 11.7 Å². The van der Waals surface area contributed by atoms with Gasteiger partial charge in [-0.05, 0) is 38.0 Å². The van der Waals surface area contributed by atoms with E-state index in [1.807, 2.05) is 0 Å². The van der Waals surface area contributed by atoms with Crippen LogP contribution < -0.4 is 11.1 Å². The van der Waals surface area contributed by atoms with Crippen LogP contribution in [0.5, 0.6) is 0 Å². The van der Waals surface area contributed by atoms with Crippen LogP contribution in [-0.4, -0.2) is 16.9 Å². The van der Waals surface area contributed by atoms with Gasteiger partial charge in [-0.3, -0.25) is 4.79 Å². The van der Waals surface area contributed by atoms with Crippen LogP contribution in [0, 0.1) is 5.92 Å². The summed E-state index contributed by atoms with van der Waals surface area (Å²) in [5.41, 5.74) is 7.09. The monoisotopic (exact) mass is 331 g/mol. The van der Waals surface area contributed by atoms with Crippen LogP contribution in [0.2, 0.25) is 0 Å². The molecule has 4 nitrogen and oxygen atoms in total. The second-order valence-electron chi connectivity index (χ2n) is 6.03. The molecule has 3 N–H and O–H groups in total. The van der Waals surface area contributed by atoms with Gasteiger partial charge in [0, 0.05) is 4.88 Å². The molecular formula is C15H26ClN3OS. The van der Waals surface area contributed by atoms with Crippen LogP contribution in [-0.2, 0) is 17.6 Å². The van der Waals surface area contributed by atoms with Crippen LogP contribution in [0.25, 0.3) is 0 Å². The minimum Gasteiger partial charge on any atom is -0.320 e. The summed E-state index contributed by atoms with van der Waals surface area (Å²) >= 11 is 1.62. The zero-order valence-electron chi connectivity index (χ0n) is 12.9. The van der Waals surface area contributed by atoms with Crippen molar-refractivity contribution in [3.63, 3.8) is 0 Å². The summed E-state index contributed by atoms with van der Waals surface area (Å²) in [5, 5.41) is 3.61. The normalized spacial score (nSPS) is 16.4. The molecule has 1 amide bonds. The first-order chi connectivity index (χ1) is 9.56. The number of fused-ring (bicyclic) bond motifs is 1. The first-order valence-electron chi connectivity index (χ1n) is 7.61. The van der Waals surface area contributed by atoms with Crippen molar-refractivity contribution in [3.05, 3.63) is 10.6 Å². The summed E-state index contributed by atoms with van der Waals surface area (Å²) in [6, 6.07) is -0.443. The fourth-order valence-corrected chi connectivity index (χ4v) is 3.62. The molecule has 0 aliphatic heterocycles. The number of rotatable bonds is 4. The molecule has 1 aliphatic carbocycles. The van der Waals surface area contributed by atoms with E-state index in [-0.39, 0.29) is 18.3 Å². The lowest BCUT2D eigenvalue weighted by Gasteiger charge is -2.12. The highest BCUT2D eigenvalue weighted by molar-refractivity contribution is 7.15. The highest BCUT2D eigenvalue weighted by Gasteiger charge is 2.18. The third-order valence-corrected chi connectivity index (χ3v) is 4.71. The van der Waals surface area contributed by atoms with Crippen LogP contribution in [0.3, 0.4) is 0 Å². The summed E-state index contributed by atoms with van der Waals surface area (Å²) in [6.45, 7) is 4.14. The van der Waals surface area contributed by atoms with E-state index in [1.165, 1.54) is 36.3 Å². The number of hydrogen-bond acceptors (Lipinski definition) is 4. The predicted molar refractivity (Wildman–Crippen MR) is 91.3 cm³/mol. The number of carbonyl (C=O) groups is 1. The van der Waals surface area contributed by atoms with Gasteiger partial charge in [0.2, 0.25) is 5.91 Å². The van der Waals surface area contributed by atoms with E-state index < -0.39 is 6.04 Å². The van der Waals surface area contributed by atoms with Gasteiger partial charge >= 0.3 is 0 Å². The number of amides is 1. The molecule has 1 aromatic heterocycles. The summed E-state index contributed by atoms with van der Waals surface area (Å²) in [5.74, 6) is 0.313. The molecule has 1 aromatic rings. The minimum absolute atomic E-state index is 0. The van der Waals surface area contributed by atoms with Crippen LogP contribution in [0.1, 0.15) is 56.5 Å². The maximum Gasteiger partial charge on any atom is 0.243 e. The summed E-state index contributed by atoms with van der Waals surface area (Å²) < 4.78 is 0. The molecule has 2 rings (SSSR count). The van der Waals surface area contributed by atoms with Crippen LogP contribution in [0.15, 0.2) is 0 Å². The number of nitrogens with two attached hydrogens (primary N) is 1. The molecule has 0 fully saturated rings. The Morgan fingerprint density at radius 1 is 1.29 bits per heavy atom. The van der Waals surface area contributed by atoms with E-state index >= 15 is 0 Å². The number of nitrogens with one attached hydrogen (secondary N) is 1. The molecule has 0 unspecified atom stereocenters. The number of aromatic nitrogens is 1. The quantitative estimate of drug-likeness (QED) is 0.886. The van der Waals surface area contributed by atoms with Crippen LogP contribution >= 0.6 is 23.7 Å². The molecule has 1 aliphatic rings. The van der Waals surface area contributed by atoms with Gasteiger partial charge in [-0.2, -0.15) is 0 Å². The molecule has 0 saturated heterocycles. The first-order valence-corrected chi connectivity index (χ1v) is 8.43. The number of hydrogen-bond donors (Lipinski definition) is 2. The van der Waals surface area contributed by atoms with E-state index in [4.69, 9.17) is 5.73 Å². The average molecular weight is 332 g/mol. The van der Waals surface area contributed by atoms with E-state index in [2.05, 4.69) is 24.1 Å². The summed E-state index contributed by atoms with van der Waals surface area (Å²) in [7, 11) is 0. The Hall–Kier alpha value is -0.650. The number of thiazole rings is 1. The number of nitrogens with zero attached hydrogens (tertiary/aromatic N) is 1. The maximum absolute atomic E-state index is 12.0. The molecule has 0 bridgehead atoms. The Morgan fingerprint density at radius 2 is 1.95 bits per heavy atom. The second-order valence-corrected chi connectivity index (χ2v) is 7.11. The van der Waals surface area contributed by atoms with E-state index in [0.717, 1.165) is 18.0 Å². The summed E-state index contributed by atoms with van der Waals surface area (Å²) in [6.07, 6.45) is 7.88. The lowest BCUT2D eigenvalue weighted by Crippen LogP contribution is -2.36. The van der Waals surface area contributed by atoms with Gasteiger partial charge in [-0.15, -0.1) is 23.7 Å². The molecular weight excluding hydrogens is 306 g/mol. The first kappa shape index (κ1) is 18.4. The van der Waals surface area contributed by atoms with Crippen molar-refractivity contribution in [2.45, 2.75) is 64.8 Å². The predicted octanol–water partition coefficient (Wildman–Crippen LogP) is 3.54. The van der Waals surface area contributed by atoms with Crippen molar-refractivity contribution >= 4 is 34.8 Å². The van der Waals surface area contributed by atoms with Crippen LogP contribution in [0.4, 0.5) is 5.13 Å². The minimum atomic E-state index is -0.443. The average Bonchev–Trinajstić information content (AvgIpc) is 2.70. The van der Waals surface area contributed by atoms with Crippen molar-refractivity contribution in [1.29, 1.82) is 0 Å². The SMILES string of the molecule is CC(C)C[C@H](N)C(=O)Nc1nc2c(s1)CCCCCC2.Cl. The van der Waals surface area contributed by atoms with Crippen molar-refractivity contribution in [2.24, 2.45) is 11.7 Å². The standard InChI is InChI=1S/C15H25N3OS.ClH/c1-10(2)9-11(16)14(19)18-15-17-12-7-5-3-4-6-8-13(12)20-15;/h10-11H,3-9,16H2,1-2H3,(H,17,18,19);1H/t11-;/m0./s1. The Morgan fingerprint density at radius 3 is 2.62 bits per heavy atom. The zero-order chi connectivity index (χ0) is 14.5. The Bertz CT molecular complexity index is 436. The Balaban J connectivity index is 0.00000220. The van der Waals surface area contributed by atoms with Gasteiger partial charge in [0.1, 0.15) is 0 Å². The van der Waals surface area contributed by atoms with Crippen molar-refractivity contribution < 1.29 is 4.79 Å². The maximum atomic E-state index is 12.0. The van der Waals surface area contributed by atoms with Crippen molar-refractivity contribution in [3.8, 4) is 0 Å². The lowest BCUT2D eigenvalue weighted by molar-refractivity contribution is -0.117. The van der Waals surface area contributed by atoms with Gasteiger partial charge < -0.3 is 11.1 Å². The Labute approximate surface area is 137 Å². The lowest BCUT2D eigenvalue weighted by atomic mass is 10.0. The molecule has 120 valence electrons. The molecule has 1 heterocycles. The largest absolute Gasteiger partial charge is 0.320 e. The van der Waals surface area contributed by atoms with Gasteiger partial charge in [0.25, 0.3) is 0 Å². The fourth-order valence-electron chi connectivity index (χ4n) is 2.57. The highest BCUT2D eigenvalue weighted by atomic mass is 35.5.